The number of hydrogen-bond donors (Lipinski definition) is 1. The van der Waals surface area contributed by atoms with Crippen LogP contribution in [0.5, 0.6) is 0 Å². The van der Waals surface area contributed by atoms with Crippen LogP contribution in [0.1, 0.15) is 11.7 Å². The monoisotopic (exact) mass is 305 g/mol. The second-order valence-corrected chi connectivity index (χ2v) is 7.05. The van der Waals surface area contributed by atoms with Gasteiger partial charge in [-0.2, -0.15) is 4.31 Å². The third-order valence-electron chi connectivity index (χ3n) is 3.00. The van der Waals surface area contributed by atoms with Gasteiger partial charge in [-0.25, -0.2) is 8.42 Å². The number of aliphatic hydroxyl groups is 1. The topological polar surface area (TPSA) is 66.8 Å². The number of hydrogen-bond acceptors (Lipinski definition) is 4. The lowest BCUT2D eigenvalue weighted by Gasteiger charge is -2.29. The van der Waals surface area contributed by atoms with E-state index in [2.05, 4.69) is 0 Å². The number of rotatable bonds is 4. The van der Waals surface area contributed by atoms with Crippen molar-refractivity contribution in [2.45, 2.75) is 10.8 Å². The van der Waals surface area contributed by atoms with Gasteiger partial charge in [-0.05, 0) is 5.56 Å². The molecule has 0 radical (unpaired) electrons. The van der Waals surface area contributed by atoms with Crippen LogP contribution in [0.3, 0.4) is 0 Å². The van der Waals surface area contributed by atoms with Gasteiger partial charge in [-0.3, -0.25) is 0 Å². The van der Waals surface area contributed by atoms with Crippen LogP contribution in [0.2, 0.25) is 0 Å². The Labute approximate surface area is 117 Å². The second kappa shape index (κ2) is 6.19. The van der Waals surface area contributed by atoms with Crippen LogP contribution in [-0.4, -0.2) is 48.8 Å². The summed E-state index contributed by atoms with van der Waals surface area (Å²) in [6.07, 6.45) is -1.25. The molecule has 5 nitrogen and oxygen atoms in total. The summed E-state index contributed by atoms with van der Waals surface area (Å²) in [5.41, 5.74) is 0.485. The second-order valence-electron chi connectivity index (χ2n) is 4.26. The molecule has 1 aliphatic heterocycles. The van der Waals surface area contributed by atoms with E-state index >= 15 is 0 Å². The largest absolute Gasteiger partial charge is 0.386 e. The first-order valence-corrected chi connectivity index (χ1v) is 7.91. The van der Waals surface area contributed by atoms with E-state index in [1.54, 1.807) is 30.3 Å². The third kappa shape index (κ3) is 3.27. The average Bonchev–Trinajstić information content (AvgIpc) is 2.47. The standard InChI is InChI=1S/C12H16ClNO4S/c13-12(11(15)10-4-2-1-3-5-10)19(16,17)14-6-8-18-9-7-14/h1-5,11-12,15H,6-9H2. The van der Waals surface area contributed by atoms with E-state index in [-0.39, 0.29) is 13.1 Å². The number of halogens is 1. The van der Waals surface area contributed by atoms with Gasteiger partial charge in [0.1, 0.15) is 6.10 Å². The highest BCUT2D eigenvalue weighted by atomic mass is 35.5. The highest BCUT2D eigenvalue weighted by Gasteiger charge is 2.37. The zero-order valence-corrected chi connectivity index (χ0v) is 11.8. The van der Waals surface area contributed by atoms with Crippen molar-refractivity contribution in [3.05, 3.63) is 35.9 Å². The van der Waals surface area contributed by atoms with Crippen LogP contribution in [0.4, 0.5) is 0 Å². The fraction of sp³-hybridized carbons (Fsp3) is 0.500. The number of sulfonamides is 1. The van der Waals surface area contributed by atoms with Gasteiger partial charge in [0.25, 0.3) is 0 Å². The normalized spacial score (nSPS) is 20.9. The van der Waals surface area contributed by atoms with E-state index < -0.39 is 20.8 Å². The molecule has 106 valence electrons. The molecule has 7 heteroatoms. The van der Waals surface area contributed by atoms with Gasteiger partial charge in [-0.1, -0.05) is 30.3 Å². The Morgan fingerprint density at radius 2 is 1.79 bits per heavy atom. The maximum absolute atomic E-state index is 12.3. The van der Waals surface area contributed by atoms with Crippen LogP contribution in [0.15, 0.2) is 30.3 Å². The van der Waals surface area contributed by atoms with E-state index in [1.165, 1.54) is 4.31 Å². The number of benzene rings is 1. The lowest BCUT2D eigenvalue weighted by atomic mass is 10.1. The van der Waals surface area contributed by atoms with E-state index in [9.17, 15) is 13.5 Å². The Balaban J connectivity index is 2.15. The molecule has 0 amide bonds. The highest BCUT2D eigenvalue weighted by molar-refractivity contribution is 7.91. The molecule has 2 rings (SSSR count). The Hall–Kier alpha value is -0.660. The number of morpholine rings is 1. The SMILES string of the molecule is O=S(=O)(C(Cl)C(O)c1ccccc1)N1CCOCC1. The molecule has 1 heterocycles. The van der Waals surface area contributed by atoms with Crippen molar-refractivity contribution in [2.75, 3.05) is 26.3 Å². The zero-order chi connectivity index (χ0) is 13.9. The molecule has 0 spiro atoms. The van der Waals surface area contributed by atoms with Crippen LogP contribution >= 0.6 is 11.6 Å². The van der Waals surface area contributed by atoms with Crippen LogP contribution in [0, 0.1) is 0 Å². The van der Waals surface area contributed by atoms with E-state index in [0.717, 1.165) is 0 Å². The molecular formula is C12H16ClNO4S. The first-order valence-electron chi connectivity index (χ1n) is 5.97. The molecule has 0 saturated carbocycles. The van der Waals surface area contributed by atoms with Crippen molar-refractivity contribution in [1.82, 2.24) is 4.31 Å². The van der Waals surface area contributed by atoms with Crippen molar-refractivity contribution in [3.63, 3.8) is 0 Å². The summed E-state index contributed by atoms with van der Waals surface area (Å²) in [6, 6.07) is 8.53. The van der Waals surface area contributed by atoms with Crippen molar-refractivity contribution in [2.24, 2.45) is 0 Å². The fourth-order valence-corrected chi connectivity index (χ4v) is 3.82. The molecule has 1 fully saturated rings. The number of aliphatic hydroxyl groups excluding tert-OH is 1. The molecule has 2 atom stereocenters. The Morgan fingerprint density at radius 3 is 2.37 bits per heavy atom. The number of alkyl halides is 1. The predicted octanol–water partition coefficient (Wildman–Crippen LogP) is 0.947. The van der Waals surface area contributed by atoms with Gasteiger partial charge in [0.15, 0.2) is 4.71 Å². The number of ether oxygens (including phenoxy) is 1. The first kappa shape index (κ1) is 14.7. The third-order valence-corrected chi connectivity index (χ3v) is 5.83. The molecule has 1 N–H and O–H groups in total. The lowest BCUT2D eigenvalue weighted by Crippen LogP contribution is -2.45. The minimum atomic E-state index is -3.74. The average molecular weight is 306 g/mol. The van der Waals surface area contributed by atoms with Gasteiger partial charge >= 0.3 is 0 Å². The van der Waals surface area contributed by atoms with Gasteiger partial charge in [0.05, 0.1) is 13.2 Å². The van der Waals surface area contributed by atoms with Crippen LogP contribution < -0.4 is 0 Å². The Kier molecular flexibility index (Phi) is 4.81. The van der Waals surface area contributed by atoms with Crippen LogP contribution in [0.25, 0.3) is 0 Å². The molecule has 0 aliphatic carbocycles. The van der Waals surface area contributed by atoms with Crippen molar-refractivity contribution in [1.29, 1.82) is 0 Å². The maximum Gasteiger partial charge on any atom is 0.234 e. The summed E-state index contributed by atoms with van der Waals surface area (Å²) in [5, 5.41) is 10.1. The van der Waals surface area contributed by atoms with E-state index in [0.29, 0.717) is 18.8 Å². The summed E-state index contributed by atoms with van der Waals surface area (Å²) in [7, 11) is -3.74. The Morgan fingerprint density at radius 1 is 1.21 bits per heavy atom. The maximum atomic E-state index is 12.3. The smallest absolute Gasteiger partial charge is 0.234 e. The molecule has 2 unspecified atom stereocenters. The molecule has 0 bridgehead atoms. The summed E-state index contributed by atoms with van der Waals surface area (Å²) in [5.74, 6) is 0. The highest BCUT2D eigenvalue weighted by Crippen LogP contribution is 2.27. The molecule has 1 saturated heterocycles. The summed E-state index contributed by atoms with van der Waals surface area (Å²) < 4.78 is 29.5. The molecule has 1 aliphatic rings. The molecule has 1 aromatic rings. The quantitative estimate of drug-likeness (QED) is 0.841. The fourth-order valence-electron chi connectivity index (χ4n) is 1.91. The molecule has 0 aromatic heterocycles. The van der Waals surface area contributed by atoms with Crippen molar-refractivity contribution >= 4 is 21.6 Å². The summed E-state index contributed by atoms with van der Waals surface area (Å²) >= 11 is 5.97. The lowest BCUT2D eigenvalue weighted by molar-refractivity contribution is 0.0719. The van der Waals surface area contributed by atoms with Gasteiger partial charge < -0.3 is 9.84 Å². The van der Waals surface area contributed by atoms with Crippen molar-refractivity contribution in [3.8, 4) is 0 Å². The summed E-state index contributed by atoms with van der Waals surface area (Å²) in [4.78, 5) is 0. The van der Waals surface area contributed by atoms with Crippen molar-refractivity contribution < 1.29 is 18.3 Å². The zero-order valence-electron chi connectivity index (χ0n) is 10.3. The van der Waals surface area contributed by atoms with Crippen LogP contribution in [-0.2, 0) is 14.8 Å². The molecule has 19 heavy (non-hydrogen) atoms. The number of nitrogens with zero attached hydrogens (tertiary/aromatic N) is 1. The van der Waals surface area contributed by atoms with Gasteiger partial charge in [0.2, 0.25) is 10.0 Å². The minimum Gasteiger partial charge on any atom is -0.386 e. The first-order chi connectivity index (χ1) is 9.03. The summed E-state index contributed by atoms with van der Waals surface area (Å²) in [6.45, 7) is 1.24. The molecular weight excluding hydrogens is 290 g/mol. The minimum absolute atomic E-state index is 0.271. The van der Waals surface area contributed by atoms with Gasteiger partial charge in [-0.15, -0.1) is 11.6 Å². The van der Waals surface area contributed by atoms with Gasteiger partial charge in [0, 0.05) is 13.1 Å². The molecule has 1 aromatic carbocycles. The van der Waals surface area contributed by atoms with E-state index in [4.69, 9.17) is 16.3 Å². The predicted molar refractivity (Wildman–Crippen MR) is 72.4 cm³/mol. The van der Waals surface area contributed by atoms with E-state index in [1.807, 2.05) is 0 Å². The Bertz CT molecular complexity index is 502.